The molecule has 0 unspecified atom stereocenters. The predicted octanol–water partition coefficient (Wildman–Crippen LogP) is 1.47. The molecule has 0 spiro atoms. The van der Waals surface area contributed by atoms with E-state index < -0.39 is 5.97 Å². The maximum atomic E-state index is 11.4. The van der Waals surface area contributed by atoms with Crippen LogP contribution < -0.4 is 4.90 Å². The van der Waals surface area contributed by atoms with E-state index in [0.29, 0.717) is 6.54 Å². The minimum atomic E-state index is -0.448. The van der Waals surface area contributed by atoms with E-state index in [9.17, 15) is 4.79 Å². The third kappa shape index (κ3) is 4.00. The molecule has 1 rings (SSSR count). The number of pyridine rings is 1. The summed E-state index contributed by atoms with van der Waals surface area (Å²) >= 11 is 0. The van der Waals surface area contributed by atoms with Gasteiger partial charge >= 0.3 is 5.97 Å². The summed E-state index contributed by atoms with van der Waals surface area (Å²) in [6.07, 6.45) is 3.70. The Bertz CT molecular complexity index is 382. The lowest BCUT2D eigenvalue weighted by atomic mass is 10.2. The number of esters is 1. The minimum Gasteiger partial charge on any atom is -0.464 e. The fraction of sp³-hybridized carbons (Fsp3) is 0.538. The van der Waals surface area contributed by atoms with Gasteiger partial charge in [0.05, 0.1) is 13.7 Å². The van der Waals surface area contributed by atoms with Crippen LogP contribution in [0.2, 0.25) is 0 Å². The van der Waals surface area contributed by atoms with Crippen LogP contribution in [0, 0.1) is 0 Å². The first kappa shape index (κ1) is 14.4. The van der Waals surface area contributed by atoms with Crippen molar-refractivity contribution in [3.63, 3.8) is 0 Å². The number of nitrogens with zero attached hydrogens (tertiary/aromatic N) is 2. The molecule has 1 aromatic heterocycles. The standard InChI is InChI=1S/C13H20N2O3/c1-3-4-7-15(8-9-16)11-5-6-14-12(10-11)13(17)18-2/h5-6,10,16H,3-4,7-9H2,1-2H3. The van der Waals surface area contributed by atoms with Crippen molar-refractivity contribution in [1.82, 2.24) is 4.98 Å². The third-order valence-corrected chi connectivity index (χ3v) is 2.65. The number of ether oxygens (including phenoxy) is 1. The number of methoxy groups -OCH3 is 1. The molecular weight excluding hydrogens is 232 g/mol. The molecule has 0 radical (unpaired) electrons. The number of rotatable bonds is 7. The number of unbranched alkanes of at least 4 members (excludes halogenated alkanes) is 1. The summed E-state index contributed by atoms with van der Waals surface area (Å²) in [6, 6.07) is 3.52. The van der Waals surface area contributed by atoms with Crippen LogP contribution in [-0.4, -0.2) is 42.9 Å². The first-order chi connectivity index (χ1) is 8.72. The summed E-state index contributed by atoms with van der Waals surface area (Å²) in [4.78, 5) is 17.4. The fourth-order valence-corrected chi connectivity index (χ4v) is 1.67. The summed E-state index contributed by atoms with van der Waals surface area (Å²) in [5.74, 6) is -0.448. The number of carbonyl (C=O) groups is 1. The van der Waals surface area contributed by atoms with Crippen LogP contribution in [0.5, 0.6) is 0 Å². The van der Waals surface area contributed by atoms with Crippen LogP contribution >= 0.6 is 0 Å². The van der Waals surface area contributed by atoms with E-state index in [1.807, 2.05) is 11.0 Å². The average molecular weight is 252 g/mol. The Morgan fingerprint density at radius 1 is 1.50 bits per heavy atom. The second kappa shape index (κ2) is 7.66. The molecule has 0 saturated heterocycles. The number of carbonyl (C=O) groups excluding carboxylic acids is 1. The second-order valence-electron chi connectivity index (χ2n) is 3.96. The van der Waals surface area contributed by atoms with Crippen LogP contribution in [-0.2, 0) is 4.74 Å². The Labute approximate surface area is 107 Å². The number of aromatic nitrogens is 1. The van der Waals surface area contributed by atoms with Gasteiger partial charge in [-0.15, -0.1) is 0 Å². The highest BCUT2D eigenvalue weighted by Gasteiger charge is 2.11. The molecule has 0 saturated carbocycles. The van der Waals surface area contributed by atoms with Crippen LogP contribution in [0.4, 0.5) is 5.69 Å². The fourth-order valence-electron chi connectivity index (χ4n) is 1.67. The molecule has 1 heterocycles. The van der Waals surface area contributed by atoms with Crippen LogP contribution in [0.1, 0.15) is 30.3 Å². The third-order valence-electron chi connectivity index (χ3n) is 2.65. The number of aliphatic hydroxyl groups excluding tert-OH is 1. The molecule has 0 fully saturated rings. The van der Waals surface area contributed by atoms with E-state index in [-0.39, 0.29) is 12.3 Å². The Morgan fingerprint density at radius 2 is 2.28 bits per heavy atom. The Morgan fingerprint density at radius 3 is 2.89 bits per heavy atom. The van der Waals surface area contributed by atoms with Gasteiger partial charge in [0.2, 0.25) is 0 Å². The van der Waals surface area contributed by atoms with E-state index in [1.165, 1.54) is 7.11 Å². The molecule has 0 amide bonds. The molecule has 1 aromatic rings. The van der Waals surface area contributed by atoms with Gasteiger partial charge in [-0.3, -0.25) is 0 Å². The smallest absolute Gasteiger partial charge is 0.356 e. The normalized spacial score (nSPS) is 10.2. The highest BCUT2D eigenvalue weighted by atomic mass is 16.5. The number of aliphatic hydroxyl groups is 1. The molecule has 0 bridgehead atoms. The van der Waals surface area contributed by atoms with Crippen molar-refractivity contribution >= 4 is 11.7 Å². The largest absolute Gasteiger partial charge is 0.464 e. The summed E-state index contributed by atoms with van der Waals surface area (Å²) in [7, 11) is 1.33. The monoisotopic (exact) mass is 252 g/mol. The molecule has 0 aliphatic rings. The van der Waals surface area contributed by atoms with Crippen molar-refractivity contribution in [2.45, 2.75) is 19.8 Å². The molecule has 0 aliphatic heterocycles. The summed E-state index contributed by atoms with van der Waals surface area (Å²) in [6.45, 7) is 3.59. The first-order valence-electron chi connectivity index (χ1n) is 6.13. The quantitative estimate of drug-likeness (QED) is 0.744. The van der Waals surface area contributed by atoms with E-state index in [1.54, 1.807) is 12.3 Å². The molecular formula is C13H20N2O3. The lowest BCUT2D eigenvalue weighted by Gasteiger charge is -2.23. The number of hydrogen-bond acceptors (Lipinski definition) is 5. The van der Waals surface area contributed by atoms with Gasteiger partial charge in [-0.2, -0.15) is 0 Å². The summed E-state index contributed by atoms with van der Waals surface area (Å²) in [5.41, 5.74) is 1.17. The van der Waals surface area contributed by atoms with Gasteiger partial charge in [0.25, 0.3) is 0 Å². The molecule has 100 valence electrons. The predicted molar refractivity (Wildman–Crippen MR) is 69.8 cm³/mol. The second-order valence-corrected chi connectivity index (χ2v) is 3.96. The van der Waals surface area contributed by atoms with Gasteiger partial charge in [-0.05, 0) is 18.6 Å². The average Bonchev–Trinajstić information content (AvgIpc) is 2.42. The van der Waals surface area contributed by atoms with Gasteiger partial charge in [-0.1, -0.05) is 13.3 Å². The zero-order valence-corrected chi connectivity index (χ0v) is 10.9. The van der Waals surface area contributed by atoms with Crippen molar-refractivity contribution < 1.29 is 14.6 Å². The number of anilines is 1. The van der Waals surface area contributed by atoms with Gasteiger partial charge < -0.3 is 14.7 Å². The first-order valence-corrected chi connectivity index (χ1v) is 6.13. The van der Waals surface area contributed by atoms with E-state index in [0.717, 1.165) is 25.1 Å². The van der Waals surface area contributed by atoms with Gasteiger partial charge in [0.1, 0.15) is 5.69 Å². The molecule has 0 atom stereocenters. The van der Waals surface area contributed by atoms with Crippen molar-refractivity contribution in [3.05, 3.63) is 24.0 Å². The van der Waals surface area contributed by atoms with Gasteiger partial charge in [0, 0.05) is 25.0 Å². The van der Waals surface area contributed by atoms with E-state index in [2.05, 4.69) is 16.6 Å². The summed E-state index contributed by atoms with van der Waals surface area (Å²) in [5, 5.41) is 9.07. The van der Waals surface area contributed by atoms with Crippen molar-refractivity contribution in [2.75, 3.05) is 31.7 Å². The van der Waals surface area contributed by atoms with Crippen molar-refractivity contribution in [2.24, 2.45) is 0 Å². The molecule has 5 nitrogen and oxygen atoms in total. The number of hydrogen-bond donors (Lipinski definition) is 1. The molecule has 0 aliphatic carbocycles. The zero-order valence-electron chi connectivity index (χ0n) is 10.9. The molecule has 0 aromatic carbocycles. The Hall–Kier alpha value is -1.62. The van der Waals surface area contributed by atoms with E-state index >= 15 is 0 Å². The van der Waals surface area contributed by atoms with Gasteiger partial charge in [0.15, 0.2) is 0 Å². The Kier molecular flexibility index (Phi) is 6.14. The Balaban J connectivity index is 2.86. The van der Waals surface area contributed by atoms with Crippen LogP contribution in [0.3, 0.4) is 0 Å². The topological polar surface area (TPSA) is 62.7 Å². The lowest BCUT2D eigenvalue weighted by Crippen LogP contribution is -2.28. The minimum absolute atomic E-state index is 0.0829. The SMILES string of the molecule is CCCCN(CCO)c1ccnc(C(=O)OC)c1. The van der Waals surface area contributed by atoms with Gasteiger partial charge in [-0.25, -0.2) is 9.78 Å². The van der Waals surface area contributed by atoms with E-state index in [4.69, 9.17) is 5.11 Å². The van der Waals surface area contributed by atoms with Crippen molar-refractivity contribution in [3.8, 4) is 0 Å². The van der Waals surface area contributed by atoms with Crippen molar-refractivity contribution in [1.29, 1.82) is 0 Å². The van der Waals surface area contributed by atoms with Crippen LogP contribution in [0.25, 0.3) is 0 Å². The summed E-state index contributed by atoms with van der Waals surface area (Å²) < 4.78 is 4.64. The lowest BCUT2D eigenvalue weighted by molar-refractivity contribution is 0.0594. The van der Waals surface area contributed by atoms with Crippen LogP contribution in [0.15, 0.2) is 18.3 Å². The molecule has 1 N–H and O–H groups in total. The highest BCUT2D eigenvalue weighted by Crippen LogP contribution is 2.15. The maximum Gasteiger partial charge on any atom is 0.356 e. The highest BCUT2D eigenvalue weighted by molar-refractivity contribution is 5.88. The molecule has 5 heteroatoms. The zero-order chi connectivity index (χ0) is 13.4. The maximum absolute atomic E-state index is 11.4. The molecule has 18 heavy (non-hydrogen) atoms.